The fourth-order valence-electron chi connectivity index (χ4n) is 2.29. The van der Waals surface area contributed by atoms with Crippen LogP contribution >= 0.6 is 11.6 Å². The maximum absolute atomic E-state index is 12.1. The summed E-state index contributed by atoms with van der Waals surface area (Å²) in [7, 11) is 0. The zero-order chi connectivity index (χ0) is 14.5. The van der Waals surface area contributed by atoms with Gasteiger partial charge in [-0.15, -0.1) is 0 Å². The number of hydrogen-bond donors (Lipinski definition) is 1. The number of nitrogens with zero attached hydrogens (tertiary/aromatic N) is 1. The molecule has 1 fully saturated rings. The fourth-order valence-corrected chi connectivity index (χ4v) is 2.42. The number of amides is 1. The number of carbonyl (C=O) groups is 2. The number of likely N-dealkylation sites (tertiary alicyclic amines) is 1. The molecule has 0 aromatic heterocycles. The Kier molecular flexibility index (Phi) is 4.79. The summed E-state index contributed by atoms with van der Waals surface area (Å²) in [5.41, 5.74) is 0.853. The highest BCUT2D eigenvalue weighted by Crippen LogP contribution is 2.18. The lowest BCUT2D eigenvalue weighted by Crippen LogP contribution is -2.47. The van der Waals surface area contributed by atoms with Gasteiger partial charge < -0.3 is 10.0 Å². The lowest BCUT2D eigenvalue weighted by molar-refractivity contribution is -0.150. The molecule has 20 heavy (non-hydrogen) atoms. The highest BCUT2D eigenvalue weighted by atomic mass is 35.5. The van der Waals surface area contributed by atoms with E-state index in [0.29, 0.717) is 18.0 Å². The van der Waals surface area contributed by atoms with E-state index in [-0.39, 0.29) is 5.91 Å². The minimum Gasteiger partial charge on any atom is -0.480 e. The highest BCUT2D eigenvalue weighted by molar-refractivity contribution is 6.30. The molecule has 1 aromatic rings. The second-order valence-electron chi connectivity index (χ2n) is 4.77. The van der Waals surface area contributed by atoms with E-state index in [1.54, 1.807) is 30.3 Å². The van der Waals surface area contributed by atoms with Crippen molar-refractivity contribution >= 4 is 29.6 Å². The maximum Gasteiger partial charge on any atom is 0.326 e. The third-order valence-electron chi connectivity index (χ3n) is 3.36. The van der Waals surface area contributed by atoms with E-state index in [9.17, 15) is 9.59 Å². The van der Waals surface area contributed by atoms with E-state index in [0.717, 1.165) is 18.4 Å². The van der Waals surface area contributed by atoms with Crippen molar-refractivity contribution in [1.29, 1.82) is 0 Å². The zero-order valence-electron chi connectivity index (χ0n) is 11.0. The van der Waals surface area contributed by atoms with Crippen LogP contribution in [0.25, 0.3) is 6.08 Å². The summed E-state index contributed by atoms with van der Waals surface area (Å²) in [5, 5.41) is 9.78. The smallest absolute Gasteiger partial charge is 0.326 e. The van der Waals surface area contributed by atoms with Gasteiger partial charge in [0.1, 0.15) is 6.04 Å². The number of aliphatic carboxylic acids is 1. The van der Waals surface area contributed by atoms with Crippen LogP contribution in [-0.2, 0) is 9.59 Å². The zero-order valence-corrected chi connectivity index (χ0v) is 11.7. The van der Waals surface area contributed by atoms with Crippen LogP contribution in [0.4, 0.5) is 0 Å². The van der Waals surface area contributed by atoms with Crippen molar-refractivity contribution in [3.8, 4) is 0 Å². The molecular weight excluding hydrogens is 278 g/mol. The molecule has 1 heterocycles. The number of hydrogen-bond acceptors (Lipinski definition) is 2. The Morgan fingerprint density at radius 3 is 2.60 bits per heavy atom. The number of carbonyl (C=O) groups excluding carboxylic acids is 1. The Bertz CT molecular complexity index is 524. The first-order valence-electron chi connectivity index (χ1n) is 6.55. The molecule has 1 N–H and O–H groups in total. The SMILES string of the molecule is O=C(O)C1CCCCN1C(=O)C=Cc1ccc(Cl)cc1. The van der Waals surface area contributed by atoms with Crippen LogP contribution in [-0.4, -0.2) is 34.5 Å². The molecule has 5 heteroatoms. The third kappa shape index (κ3) is 3.61. The molecule has 1 aliphatic heterocycles. The van der Waals surface area contributed by atoms with Crippen LogP contribution in [0.5, 0.6) is 0 Å². The minimum atomic E-state index is -0.932. The molecule has 1 atom stereocenters. The molecule has 1 unspecified atom stereocenters. The summed E-state index contributed by atoms with van der Waals surface area (Å²) < 4.78 is 0. The lowest BCUT2D eigenvalue weighted by atomic mass is 10.0. The van der Waals surface area contributed by atoms with Gasteiger partial charge in [-0.1, -0.05) is 23.7 Å². The van der Waals surface area contributed by atoms with Crippen molar-refractivity contribution in [2.24, 2.45) is 0 Å². The molecule has 0 aliphatic carbocycles. The van der Waals surface area contributed by atoms with Gasteiger partial charge in [0.15, 0.2) is 0 Å². The Morgan fingerprint density at radius 1 is 1.25 bits per heavy atom. The summed E-state index contributed by atoms with van der Waals surface area (Å²) in [5.74, 6) is -1.19. The normalized spacial score (nSPS) is 19.2. The Labute approximate surface area is 122 Å². The quantitative estimate of drug-likeness (QED) is 0.872. The molecule has 1 aliphatic rings. The van der Waals surface area contributed by atoms with Gasteiger partial charge in [0.05, 0.1) is 0 Å². The predicted octanol–water partition coefficient (Wildman–Crippen LogP) is 2.82. The minimum absolute atomic E-state index is 0.257. The number of benzene rings is 1. The van der Waals surface area contributed by atoms with E-state index < -0.39 is 12.0 Å². The van der Waals surface area contributed by atoms with Crippen molar-refractivity contribution < 1.29 is 14.7 Å². The Balaban J connectivity index is 2.06. The second kappa shape index (κ2) is 6.57. The third-order valence-corrected chi connectivity index (χ3v) is 3.61. The first-order chi connectivity index (χ1) is 9.58. The molecule has 4 nitrogen and oxygen atoms in total. The van der Waals surface area contributed by atoms with Crippen LogP contribution in [0.3, 0.4) is 0 Å². The first kappa shape index (κ1) is 14.6. The number of carboxylic acid groups (broad SMARTS) is 1. The van der Waals surface area contributed by atoms with E-state index in [4.69, 9.17) is 16.7 Å². The molecule has 1 saturated heterocycles. The van der Waals surface area contributed by atoms with Crippen LogP contribution in [0.2, 0.25) is 5.02 Å². The molecule has 0 bridgehead atoms. The van der Waals surface area contributed by atoms with Gasteiger partial charge >= 0.3 is 5.97 Å². The standard InChI is InChI=1S/C15H16ClNO3/c16-12-7-4-11(5-8-12)6-9-14(18)17-10-2-1-3-13(17)15(19)20/h4-9,13H,1-3,10H2,(H,19,20). The van der Waals surface area contributed by atoms with E-state index in [1.807, 2.05) is 0 Å². The van der Waals surface area contributed by atoms with E-state index >= 15 is 0 Å². The van der Waals surface area contributed by atoms with Gasteiger partial charge in [0.25, 0.3) is 0 Å². The predicted molar refractivity (Wildman–Crippen MR) is 77.5 cm³/mol. The van der Waals surface area contributed by atoms with Gasteiger partial charge in [-0.25, -0.2) is 4.79 Å². The van der Waals surface area contributed by atoms with Gasteiger partial charge in [0, 0.05) is 17.6 Å². The summed E-state index contributed by atoms with van der Waals surface area (Å²) in [6.07, 6.45) is 5.32. The van der Waals surface area contributed by atoms with Gasteiger partial charge in [0.2, 0.25) is 5.91 Å². The van der Waals surface area contributed by atoms with Crippen LogP contribution in [0.15, 0.2) is 30.3 Å². The summed E-state index contributed by atoms with van der Waals surface area (Å²) >= 11 is 5.79. The number of rotatable bonds is 3. The van der Waals surface area contributed by atoms with Gasteiger partial charge in [-0.3, -0.25) is 4.79 Å². The summed E-state index contributed by atoms with van der Waals surface area (Å²) in [4.78, 5) is 24.7. The lowest BCUT2D eigenvalue weighted by Gasteiger charge is -2.32. The van der Waals surface area contributed by atoms with E-state index in [2.05, 4.69) is 0 Å². The average molecular weight is 294 g/mol. The number of halogens is 1. The molecular formula is C15H16ClNO3. The van der Waals surface area contributed by atoms with Crippen LogP contribution < -0.4 is 0 Å². The van der Waals surface area contributed by atoms with Crippen molar-refractivity contribution in [3.05, 3.63) is 40.9 Å². The largest absolute Gasteiger partial charge is 0.480 e. The number of piperidine rings is 1. The molecule has 0 radical (unpaired) electrons. The van der Waals surface area contributed by atoms with Crippen molar-refractivity contribution in [2.45, 2.75) is 25.3 Å². The van der Waals surface area contributed by atoms with Crippen LogP contribution in [0.1, 0.15) is 24.8 Å². The topological polar surface area (TPSA) is 57.6 Å². The Morgan fingerprint density at radius 2 is 1.95 bits per heavy atom. The van der Waals surface area contributed by atoms with Crippen molar-refractivity contribution in [3.63, 3.8) is 0 Å². The highest BCUT2D eigenvalue weighted by Gasteiger charge is 2.30. The molecule has 1 amide bonds. The fraction of sp³-hybridized carbons (Fsp3) is 0.333. The molecule has 2 rings (SSSR count). The summed E-state index contributed by atoms with van der Waals surface area (Å²) in [6, 6.07) is 6.39. The van der Waals surface area contributed by atoms with Crippen LogP contribution in [0, 0.1) is 0 Å². The monoisotopic (exact) mass is 293 g/mol. The Hall–Kier alpha value is -1.81. The maximum atomic E-state index is 12.1. The second-order valence-corrected chi connectivity index (χ2v) is 5.20. The summed E-state index contributed by atoms with van der Waals surface area (Å²) in [6.45, 7) is 0.501. The van der Waals surface area contributed by atoms with Crippen molar-refractivity contribution in [2.75, 3.05) is 6.54 Å². The molecule has 0 spiro atoms. The average Bonchev–Trinajstić information content (AvgIpc) is 2.46. The first-order valence-corrected chi connectivity index (χ1v) is 6.93. The molecule has 0 saturated carbocycles. The molecule has 1 aromatic carbocycles. The number of carboxylic acids is 1. The molecule has 106 valence electrons. The van der Waals surface area contributed by atoms with Gasteiger partial charge in [-0.05, 0) is 43.0 Å². The van der Waals surface area contributed by atoms with Gasteiger partial charge in [-0.2, -0.15) is 0 Å². The van der Waals surface area contributed by atoms with Crippen molar-refractivity contribution in [1.82, 2.24) is 4.90 Å². The van der Waals surface area contributed by atoms with E-state index in [1.165, 1.54) is 11.0 Å².